The Kier molecular flexibility index (Phi) is 6.20. The first kappa shape index (κ1) is 20.4. The summed E-state index contributed by atoms with van der Waals surface area (Å²) < 4.78 is 56.0. The topological polar surface area (TPSA) is 55.4 Å². The van der Waals surface area contributed by atoms with Crippen LogP contribution in [0.15, 0.2) is 48.5 Å². The lowest BCUT2D eigenvalue weighted by molar-refractivity contribution is -0.137. The van der Waals surface area contributed by atoms with E-state index in [-0.39, 0.29) is 5.56 Å². The predicted octanol–water partition coefficient (Wildman–Crippen LogP) is 4.27. The van der Waals surface area contributed by atoms with Gasteiger partial charge in [-0.15, -0.1) is 0 Å². The molecule has 1 N–H and O–H groups in total. The highest BCUT2D eigenvalue weighted by Gasteiger charge is 2.31. The highest BCUT2D eigenvalue weighted by Crippen LogP contribution is 2.29. The fraction of sp³-hybridized carbons (Fsp3) is 0.263. The predicted molar refractivity (Wildman–Crippen MR) is 89.3 cm³/mol. The molecule has 0 aliphatic heterocycles. The Morgan fingerprint density at radius 2 is 1.67 bits per heavy atom. The molecule has 0 bridgehead atoms. The Balaban J connectivity index is 1.99. The van der Waals surface area contributed by atoms with E-state index in [1.54, 1.807) is 6.92 Å². The number of rotatable bonds is 5. The van der Waals surface area contributed by atoms with Crippen LogP contribution in [-0.2, 0) is 15.7 Å². The number of carbonyl (C=O) groups is 2. The number of esters is 1. The molecule has 0 spiro atoms. The summed E-state index contributed by atoms with van der Waals surface area (Å²) in [5.74, 6) is -2.09. The summed E-state index contributed by atoms with van der Waals surface area (Å²) in [4.78, 5) is 24.2. The molecule has 2 aromatic rings. The Hall–Kier alpha value is -2.90. The standard InChI is InChI=1S/C19H17F4NO3/c1-11(13-6-8-16(20)9-7-13)24-17(25)12(2)27-18(26)14-4-3-5-15(10-14)19(21,22)23/h3-12H,1-2H3,(H,24,25)/t11-,12+/m1/s1. The van der Waals surface area contributed by atoms with Gasteiger partial charge in [-0.25, -0.2) is 9.18 Å². The molecule has 8 heteroatoms. The van der Waals surface area contributed by atoms with Crippen molar-refractivity contribution in [3.05, 3.63) is 71.0 Å². The number of ether oxygens (including phenoxy) is 1. The van der Waals surface area contributed by atoms with Crippen LogP contribution in [0.25, 0.3) is 0 Å². The number of hydrogen-bond donors (Lipinski definition) is 1. The number of hydrogen-bond acceptors (Lipinski definition) is 3. The summed E-state index contributed by atoms with van der Waals surface area (Å²) in [6, 6.07) is 8.76. The van der Waals surface area contributed by atoms with Crippen molar-refractivity contribution >= 4 is 11.9 Å². The third-order valence-corrected chi connectivity index (χ3v) is 3.81. The fourth-order valence-corrected chi connectivity index (χ4v) is 2.27. The number of alkyl halides is 3. The van der Waals surface area contributed by atoms with Crippen molar-refractivity contribution in [1.82, 2.24) is 5.32 Å². The van der Waals surface area contributed by atoms with Gasteiger partial charge in [-0.3, -0.25) is 4.79 Å². The molecule has 0 saturated heterocycles. The second kappa shape index (κ2) is 8.20. The molecule has 2 rings (SSSR count). The zero-order chi connectivity index (χ0) is 20.2. The van der Waals surface area contributed by atoms with Crippen LogP contribution in [0.4, 0.5) is 17.6 Å². The highest BCUT2D eigenvalue weighted by atomic mass is 19.4. The van der Waals surface area contributed by atoms with Crippen molar-refractivity contribution in [3.8, 4) is 0 Å². The van der Waals surface area contributed by atoms with Crippen molar-refractivity contribution in [2.45, 2.75) is 32.2 Å². The van der Waals surface area contributed by atoms with Crippen LogP contribution in [0, 0.1) is 5.82 Å². The maximum Gasteiger partial charge on any atom is 0.416 e. The van der Waals surface area contributed by atoms with E-state index in [2.05, 4.69) is 5.32 Å². The molecule has 144 valence electrons. The molecular formula is C19H17F4NO3. The van der Waals surface area contributed by atoms with Gasteiger partial charge in [-0.05, 0) is 49.7 Å². The minimum absolute atomic E-state index is 0.309. The van der Waals surface area contributed by atoms with Gasteiger partial charge >= 0.3 is 12.1 Å². The normalized spacial score (nSPS) is 13.6. The molecule has 0 aliphatic rings. The van der Waals surface area contributed by atoms with Crippen LogP contribution in [0.1, 0.15) is 41.4 Å². The van der Waals surface area contributed by atoms with Crippen LogP contribution in [0.3, 0.4) is 0 Å². The Labute approximate surface area is 153 Å². The molecule has 0 unspecified atom stereocenters. The molecule has 4 nitrogen and oxygen atoms in total. The van der Waals surface area contributed by atoms with Gasteiger partial charge in [0.15, 0.2) is 6.10 Å². The molecule has 2 atom stereocenters. The highest BCUT2D eigenvalue weighted by molar-refractivity contribution is 5.92. The summed E-state index contributed by atoms with van der Waals surface area (Å²) in [5.41, 5.74) is -0.656. The van der Waals surface area contributed by atoms with E-state index in [0.29, 0.717) is 11.6 Å². The van der Waals surface area contributed by atoms with E-state index in [0.717, 1.165) is 12.1 Å². The van der Waals surface area contributed by atoms with E-state index in [1.165, 1.54) is 37.3 Å². The first-order valence-electron chi connectivity index (χ1n) is 8.02. The van der Waals surface area contributed by atoms with Gasteiger partial charge in [-0.2, -0.15) is 13.2 Å². The number of carbonyl (C=O) groups excluding carboxylic acids is 2. The Bertz CT molecular complexity index is 818. The molecule has 27 heavy (non-hydrogen) atoms. The molecule has 0 aliphatic carbocycles. The molecule has 0 fully saturated rings. The summed E-state index contributed by atoms with van der Waals surface area (Å²) in [5, 5.41) is 2.59. The monoisotopic (exact) mass is 383 g/mol. The van der Waals surface area contributed by atoms with Crippen LogP contribution < -0.4 is 5.32 Å². The first-order chi connectivity index (χ1) is 12.6. The summed E-state index contributed by atoms with van der Waals surface area (Å²) in [6.45, 7) is 2.96. The lowest BCUT2D eigenvalue weighted by atomic mass is 10.1. The summed E-state index contributed by atoms with van der Waals surface area (Å²) in [6.07, 6.45) is -5.82. The third kappa shape index (κ3) is 5.54. The third-order valence-electron chi connectivity index (χ3n) is 3.81. The second-order valence-electron chi connectivity index (χ2n) is 5.91. The molecular weight excluding hydrogens is 366 g/mol. The van der Waals surface area contributed by atoms with Crippen molar-refractivity contribution in [2.24, 2.45) is 0 Å². The van der Waals surface area contributed by atoms with Gasteiger partial charge < -0.3 is 10.1 Å². The molecule has 0 heterocycles. The largest absolute Gasteiger partial charge is 0.449 e. The van der Waals surface area contributed by atoms with Crippen molar-refractivity contribution < 1.29 is 31.9 Å². The molecule has 0 radical (unpaired) electrons. The average molecular weight is 383 g/mol. The SMILES string of the molecule is C[C@H](OC(=O)c1cccc(C(F)(F)F)c1)C(=O)N[C@H](C)c1ccc(F)cc1. The minimum Gasteiger partial charge on any atom is -0.449 e. The quantitative estimate of drug-likeness (QED) is 0.620. The number of amides is 1. The fourth-order valence-electron chi connectivity index (χ4n) is 2.27. The first-order valence-corrected chi connectivity index (χ1v) is 8.02. The van der Waals surface area contributed by atoms with Crippen molar-refractivity contribution in [3.63, 3.8) is 0 Å². The maximum atomic E-state index is 12.9. The van der Waals surface area contributed by atoms with E-state index in [1.807, 2.05) is 0 Å². The van der Waals surface area contributed by atoms with Gasteiger partial charge in [0.1, 0.15) is 5.82 Å². The van der Waals surface area contributed by atoms with E-state index >= 15 is 0 Å². The lowest BCUT2D eigenvalue weighted by Crippen LogP contribution is -2.37. The van der Waals surface area contributed by atoms with Crippen molar-refractivity contribution in [1.29, 1.82) is 0 Å². The van der Waals surface area contributed by atoms with Gasteiger partial charge in [0.25, 0.3) is 5.91 Å². The summed E-state index contributed by atoms with van der Waals surface area (Å²) in [7, 11) is 0. The number of nitrogens with one attached hydrogen (secondary N) is 1. The zero-order valence-corrected chi connectivity index (χ0v) is 14.5. The van der Waals surface area contributed by atoms with Gasteiger partial charge in [-0.1, -0.05) is 18.2 Å². The molecule has 0 saturated carbocycles. The van der Waals surface area contributed by atoms with Crippen molar-refractivity contribution in [2.75, 3.05) is 0 Å². The number of halogens is 4. The molecule has 0 aromatic heterocycles. The van der Waals surface area contributed by atoms with E-state index < -0.39 is 41.6 Å². The summed E-state index contributed by atoms with van der Waals surface area (Å²) >= 11 is 0. The lowest BCUT2D eigenvalue weighted by Gasteiger charge is -2.18. The average Bonchev–Trinajstić information content (AvgIpc) is 2.61. The molecule has 2 aromatic carbocycles. The van der Waals surface area contributed by atoms with E-state index in [9.17, 15) is 27.2 Å². The Morgan fingerprint density at radius 1 is 1.04 bits per heavy atom. The van der Waals surface area contributed by atoms with E-state index in [4.69, 9.17) is 4.74 Å². The zero-order valence-electron chi connectivity index (χ0n) is 14.5. The van der Waals surface area contributed by atoms with Crippen LogP contribution in [0.2, 0.25) is 0 Å². The van der Waals surface area contributed by atoms with Crippen LogP contribution in [0.5, 0.6) is 0 Å². The number of benzene rings is 2. The minimum atomic E-state index is -4.59. The second-order valence-corrected chi connectivity index (χ2v) is 5.91. The Morgan fingerprint density at radius 3 is 2.26 bits per heavy atom. The molecule has 1 amide bonds. The van der Waals surface area contributed by atoms with Crippen LogP contribution >= 0.6 is 0 Å². The van der Waals surface area contributed by atoms with Crippen LogP contribution in [-0.4, -0.2) is 18.0 Å². The van der Waals surface area contributed by atoms with Gasteiger partial charge in [0.2, 0.25) is 0 Å². The maximum absolute atomic E-state index is 12.9. The van der Waals surface area contributed by atoms with Gasteiger partial charge in [0.05, 0.1) is 17.2 Å². The van der Waals surface area contributed by atoms with Gasteiger partial charge in [0, 0.05) is 0 Å². The smallest absolute Gasteiger partial charge is 0.416 e.